The Morgan fingerprint density at radius 2 is 1.83 bits per heavy atom. The van der Waals surface area contributed by atoms with Crippen LogP contribution in [0, 0.1) is 0 Å². The van der Waals surface area contributed by atoms with Gasteiger partial charge in [-0.3, -0.25) is 9.59 Å². The number of amides is 2. The quantitative estimate of drug-likeness (QED) is 0.749. The summed E-state index contributed by atoms with van der Waals surface area (Å²) in [4.78, 5) is 38.0. The van der Waals surface area contributed by atoms with Gasteiger partial charge in [0.2, 0.25) is 5.91 Å². The van der Waals surface area contributed by atoms with Gasteiger partial charge in [-0.1, -0.05) is 36.4 Å². The number of carbonyl (C=O) groups excluding carboxylic acids is 2. The molecule has 1 aliphatic rings. The van der Waals surface area contributed by atoms with Gasteiger partial charge >= 0.3 is 5.97 Å². The number of carboxylic acids is 1. The fourth-order valence-electron chi connectivity index (χ4n) is 3.65. The third-order valence-corrected chi connectivity index (χ3v) is 5.15. The van der Waals surface area contributed by atoms with Crippen molar-refractivity contribution in [1.29, 1.82) is 0 Å². The van der Waals surface area contributed by atoms with Gasteiger partial charge in [-0.2, -0.15) is 0 Å². The smallest absolute Gasteiger partial charge is 0.326 e. The minimum absolute atomic E-state index is 0.105. The van der Waals surface area contributed by atoms with Gasteiger partial charge in [-0.05, 0) is 55.9 Å². The first-order valence-corrected chi connectivity index (χ1v) is 10.0. The van der Waals surface area contributed by atoms with Crippen LogP contribution in [-0.4, -0.2) is 40.4 Å². The van der Waals surface area contributed by atoms with Crippen LogP contribution in [0.1, 0.15) is 48.0 Å². The number of carboxylic acid groups (broad SMARTS) is 1. The number of benzene rings is 2. The van der Waals surface area contributed by atoms with E-state index in [-0.39, 0.29) is 11.8 Å². The highest BCUT2D eigenvalue weighted by Crippen LogP contribution is 2.21. The first kappa shape index (κ1) is 20.6. The second kappa shape index (κ2) is 9.87. The zero-order valence-corrected chi connectivity index (χ0v) is 16.3. The van der Waals surface area contributed by atoms with E-state index in [0.717, 1.165) is 25.7 Å². The Hall–Kier alpha value is -3.15. The van der Waals surface area contributed by atoms with E-state index in [1.807, 2.05) is 30.3 Å². The molecule has 0 saturated carbocycles. The van der Waals surface area contributed by atoms with Crippen molar-refractivity contribution >= 4 is 23.5 Å². The molecule has 0 bridgehead atoms. The fraction of sp³-hybridized carbons (Fsp3) is 0.348. The summed E-state index contributed by atoms with van der Waals surface area (Å²) in [5, 5.41) is 12.2. The van der Waals surface area contributed by atoms with Crippen molar-refractivity contribution in [3.05, 3.63) is 65.7 Å². The van der Waals surface area contributed by atoms with Crippen molar-refractivity contribution in [2.75, 3.05) is 11.9 Å². The number of aliphatic carboxylic acids is 1. The van der Waals surface area contributed by atoms with E-state index in [2.05, 4.69) is 5.32 Å². The van der Waals surface area contributed by atoms with Crippen LogP contribution in [0.2, 0.25) is 0 Å². The van der Waals surface area contributed by atoms with Crippen molar-refractivity contribution in [1.82, 2.24) is 4.90 Å². The lowest BCUT2D eigenvalue weighted by Gasteiger charge is -2.33. The average molecular weight is 394 g/mol. The maximum atomic E-state index is 12.8. The Kier molecular flexibility index (Phi) is 7.00. The second-order valence-corrected chi connectivity index (χ2v) is 7.32. The number of hydrogen-bond donors (Lipinski definition) is 2. The topological polar surface area (TPSA) is 86.7 Å². The van der Waals surface area contributed by atoms with Crippen molar-refractivity contribution < 1.29 is 19.5 Å². The van der Waals surface area contributed by atoms with Crippen LogP contribution >= 0.6 is 0 Å². The number of carbonyl (C=O) groups is 3. The Bertz CT molecular complexity index is 866. The van der Waals surface area contributed by atoms with Crippen LogP contribution in [-0.2, 0) is 16.0 Å². The third-order valence-electron chi connectivity index (χ3n) is 5.15. The van der Waals surface area contributed by atoms with Crippen molar-refractivity contribution in [2.24, 2.45) is 0 Å². The molecule has 1 heterocycles. The lowest BCUT2D eigenvalue weighted by Crippen LogP contribution is -2.48. The van der Waals surface area contributed by atoms with Crippen LogP contribution in [0.3, 0.4) is 0 Å². The monoisotopic (exact) mass is 394 g/mol. The zero-order chi connectivity index (χ0) is 20.6. The second-order valence-electron chi connectivity index (χ2n) is 7.32. The van der Waals surface area contributed by atoms with Gasteiger partial charge in [-0.15, -0.1) is 0 Å². The number of nitrogens with one attached hydrogen (secondary N) is 1. The van der Waals surface area contributed by atoms with Gasteiger partial charge in [0.15, 0.2) is 0 Å². The van der Waals surface area contributed by atoms with Crippen LogP contribution < -0.4 is 5.32 Å². The van der Waals surface area contributed by atoms with Crippen molar-refractivity contribution in [2.45, 2.75) is 44.6 Å². The summed E-state index contributed by atoms with van der Waals surface area (Å²) < 4.78 is 0. The average Bonchev–Trinajstić information content (AvgIpc) is 2.74. The van der Waals surface area contributed by atoms with Gasteiger partial charge in [0.1, 0.15) is 6.04 Å². The summed E-state index contributed by atoms with van der Waals surface area (Å²) >= 11 is 0. The lowest BCUT2D eigenvalue weighted by molar-refractivity contribution is -0.143. The molecule has 1 unspecified atom stereocenters. The van der Waals surface area contributed by atoms with Gasteiger partial charge in [0, 0.05) is 24.2 Å². The lowest BCUT2D eigenvalue weighted by atomic mass is 10.0. The van der Waals surface area contributed by atoms with Crippen LogP contribution in [0.15, 0.2) is 54.6 Å². The maximum absolute atomic E-state index is 12.8. The molecule has 1 atom stereocenters. The number of piperidine rings is 1. The molecule has 6 heteroatoms. The molecular formula is C23H26N2O4. The fourth-order valence-corrected chi connectivity index (χ4v) is 3.65. The van der Waals surface area contributed by atoms with E-state index in [9.17, 15) is 19.5 Å². The minimum atomic E-state index is -0.971. The van der Waals surface area contributed by atoms with Crippen molar-refractivity contribution in [3.63, 3.8) is 0 Å². The molecule has 0 aliphatic carbocycles. The number of hydrogen-bond acceptors (Lipinski definition) is 3. The Morgan fingerprint density at radius 1 is 1.03 bits per heavy atom. The SMILES string of the molecule is O=C(CCCc1ccccc1)Nc1cccc(C(=O)N2CCCCC2C(=O)O)c1. The Morgan fingerprint density at radius 3 is 2.59 bits per heavy atom. The summed E-state index contributed by atoms with van der Waals surface area (Å²) in [6, 6.07) is 15.9. The molecule has 1 saturated heterocycles. The van der Waals surface area contributed by atoms with Gasteiger partial charge in [0.05, 0.1) is 0 Å². The molecule has 6 nitrogen and oxygen atoms in total. The van der Waals surface area contributed by atoms with E-state index >= 15 is 0 Å². The van der Waals surface area contributed by atoms with Crippen molar-refractivity contribution in [3.8, 4) is 0 Å². The Labute approximate surface area is 170 Å². The zero-order valence-electron chi connectivity index (χ0n) is 16.3. The molecule has 29 heavy (non-hydrogen) atoms. The van der Waals surface area contributed by atoms with Crippen LogP contribution in [0.4, 0.5) is 5.69 Å². The molecule has 152 valence electrons. The summed E-state index contributed by atoms with van der Waals surface area (Å²) in [5.41, 5.74) is 2.13. The van der Waals surface area contributed by atoms with Gasteiger partial charge < -0.3 is 15.3 Å². The highest BCUT2D eigenvalue weighted by Gasteiger charge is 2.32. The Balaban J connectivity index is 1.57. The van der Waals surface area contributed by atoms with E-state index < -0.39 is 12.0 Å². The minimum Gasteiger partial charge on any atom is -0.480 e. The molecule has 2 N–H and O–H groups in total. The summed E-state index contributed by atoms with van der Waals surface area (Å²) in [5.74, 6) is -1.38. The molecule has 2 aromatic carbocycles. The highest BCUT2D eigenvalue weighted by atomic mass is 16.4. The molecule has 2 amide bonds. The van der Waals surface area contributed by atoms with Gasteiger partial charge in [0.25, 0.3) is 5.91 Å². The largest absolute Gasteiger partial charge is 0.480 e. The van der Waals surface area contributed by atoms with Crippen LogP contribution in [0.25, 0.3) is 0 Å². The number of nitrogens with zero attached hydrogens (tertiary/aromatic N) is 1. The number of rotatable bonds is 7. The standard InChI is InChI=1S/C23H26N2O4/c26-21(14-6-10-17-8-2-1-3-9-17)24-19-12-7-11-18(16-19)22(27)25-15-5-4-13-20(25)23(28)29/h1-3,7-9,11-12,16,20H,4-6,10,13-15H2,(H,24,26)(H,28,29). The summed E-state index contributed by atoms with van der Waals surface area (Å²) in [7, 11) is 0. The molecule has 1 fully saturated rings. The van der Waals surface area contributed by atoms with E-state index in [1.54, 1.807) is 24.3 Å². The number of anilines is 1. The molecule has 1 aliphatic heterocycles. The molecule has 0 spiro atoms. The highest BCUT2D eigenvalue weighted by molar-refractivity contribution is 5.99. The number of aryl methyl sites for hydroxylation is 1. The van der Waals surface area contributed by atoms with E-state index in [4.69, 9.17) is 0 Å². The van der Waals surface area contributed by atoms with E-state index in [1.165, 1.54) is 10.5 Å². The summed E-state index contributed by atoms with van der Waals surface area (Å²) in [6.07, 6.45) is 4.03. The molecule has 3 rings (SSSR count). The summed E-state index contributed by atoms with van der Waals surface area (Å²) in [6.45, 7) is 0.436. The van der Waals surface area contributed by atoms with E-state index in [0.29, 0.717) is 30.6 Å². The van der Waals surface area contributed by atoms with Gasteiger partial charge in [-0.25, -0.2) is 4.79 Å². The molecule has 0 radical (unpaired) electrons. The van der Waals surface area contributed by atoms with Crippen LogP contribution in [0.5, 0.6) is 0 Å². The maximum Gasteiger partial charge on any atom is 0.326 e. The first-order valence-electron chi connectivity index (χ1n) is 10.0. The predicted molar refractivity (Wildman–Crippen MR) is 111 cm³/mol. The molecule has 0 aromatic heterocycles. The normalized spacial score (nSPS) is 16.3. The molecule has 2 aromatic rings. The number of likely N-dealkylation sites (tertiary alicyclic amines) is 1. The first-order chi connectivity index (χ1) is 14.0. The third kappa shape index (κ3) is 5.67. The predicted octanol–water partition coefficient (Wildman–Crippen LogP) is 3.73. The molecular weight excluding hydrogens is 368 g/mol.